The van der Waals surface area contributed by atoms with Gasteiger partial charge in [-0.25, -0.2) is 0 Å². The van der Waals surface area contributed by atoms with Crippen molar-refractivity contribution in [1.82, 2.24) is 0 Å². The predicted molar refractivity (Wildman–Crippen MR) is 68.7 cm³/mol. The van der Waals surface area contributed by atoms with E-state index in [1.807, 2.05) is 0 Å². The summed E-state index contributed by atoms with van der Waals surface area (Å²) in [7, 11) is -2.21. The van der Waals surface area contributed by atoms with Gasteiger partial charge in [0.1, 0.15) is 8.07 Å². The summed E-state index contributed by atoms with van der Waals surface area (Å²) < 4.78 is 0. The SMILES string of the molecule is CCC(CCCS)C[Si](CO)(CO)CO. The van der Waals surface area contributed by atoms with Crippen LogP contribution in [0.25, 0.3) is 0 Å². The third-order valence-corrected chi connectivity index (χ3v) is 6.85. The molecule has 0 rings (SSSR count). The fourth-order valence-electron chi connectivity index (χ4n) is 1.79. The van der Waals surface area contributed by atoms with Crippen molar-refractivity contribution in [3.8, 4) is 0 Å². The molecule has 92 valence electrons. The second-order valence-electron chi connectivity index (χ2n) is 4.32. The second-order valence-corrected chi connectivity index (χ2v) is 9.12. The molecule has 0 spiro atoms. The molecular weight excluding hydrogens is 228 g/mol. The van der Waals surface area contributed by atoms with Gasteiger partial charge in [0.05, 0.1) is 0 Å². The van der Waals surface area contributed by atoms with E-state index in [1.54, 1.807) is 0 Å². The van der Waals surface area contributed by atoms with Crippen molar-refractivity contribution in [2.45, 2.75) is 32.2 Å². The lowest BCUT2D eigenvalue weighted by atomic mass is 10.0. The average molecular weight is 252 g/mol. The lowest BCUT2D eigenvalue weighted by molar-refractivity contribution is 0.282. The van der Waals surface area contributed by atoms with Gasteiger partial charge < -0.3 is 15.3 Å². The Bertz CT molecular complexity index is 145. The van der Waals surface area contributed by atoms with Crippen molar-refractivity contribution < 1.29 is 15.3 Å². The Kier molecular flexibility index (Phi) is 8.84. The van der Waals surface area contributed by atoms with Gasteiger partial charge in [0.2, 0.25) is 0 Å². The summed E-state index contributed by atoms with van der Waals surface area (Å²) in [5.41, 5.74) is 0. The molecule has 3 nitrogen and oxygen atoms in total. The Hall–Kier alpha value is 0.447. The third-order valence-electron chi connectivity index (χ3n) is 3.08. The van der Waals surface area contributed by atoms with Gasteiger partial charge in [0, 0.05) is 18.7 Å². The minimum Gasteiger partial charge on any atom is -0.399 e. The molecule has 0 amide bonds. The van der Waals surface area contributed by atoms with Crippen LogP contribution in [0.5, 0.6) is 0 Å². The van der Waals surface area contributed by atoms with Crippen LogP contribution in [0, 0.1) is 5.92 Å². The third kappa shape index (κ3) is 5.35. The van der Waals surface area contributed by atoms with E-state index < -0.39 is 8.07 Å². The molecule has 0 aromatic heterocycles. The summed E-state index contributed by atoms with van der Waals surface area (Å²) in [5, 5.41) is 27.8. The van der Waals surface area contributed by atoms with Crippen LogP contribution in [-0.4, -0.2) is 47.8 Å². The van der Waals surface area contributed by atoms with Gasteiger partial charge in [-0.05, 0) is 30.6 Å². The van der Waals surface area contributed by atoms with Crippen LogP contribution in [0.15, 0.2) is 0 Å². The maximum Gasteiger partial charge on any atom is 0.140 e. The maximum absolute atomic E-state index is 9.27. The Morgan fingerprint density at radius 3 is 2.00 bits per heavy atom. The summed E-state index contributed by atoms with van der Waals surface area (Å²) >= 11 is 4.18. The number of hydrogen-bond donors (Lipinski definition) is 4. The molecule has 1 unspecified atom stereocenters. The van der Waals surface area contributed by atoms with E-state index in [-0.39, 0.29) is 18.7 Å². The van der Waals surface area contributed by atoms with Crippen LogP contribution in [0.4, 0.5) is 0 Å². The van der Waals surface area contributed by atoms with Crippen molar-refractivity contribution in [2.24, 2.45) is 5.92 Å². The van der Waals surface area contributed by atoms with Crippen LogP contribution in [-0.2, 0) is 0 Å². The molecule has 0 aliphatic rings. The lowest BCUT2D eigenvalue weighted by Crippen LogP contribution is -2.49. The number of thiol groups is 1. The highest BCUT2D eigenvalue weighted by Crippen LogP contribution is 2.23. The van der Waals surface area contributed by atoms with E-state index in [1.165, 1.54) is 0 Å². The molecular formula is C10H24O3SSi. The molecule has 3 N–H and O–H groups in total. The zero-order valence-electron chi connectivity index (χ0n) is 9.52. The maximum atomic E-state index is 9.27. The quantitative estimate of drug-likeness (QED) is 0.362. The molecule has 0 aromatic rings. The molecule has 0 bridgehead atoms. The van der Waals surface area contributed by atoms with Gasteiger partial charge in [0.15, 0.2) is 0 Å². The lowest BCUT2D eigenvalue weighted by Gasteiger charge is -2.29. The Labute approximate surface area is 98.9 Å². The van der Waals surface area contributed by atoms with Crippen LogP contribution < -0.4 is 0 Å². The van der Waals surface area contributed by atoms with E-state index in [0.29, 0.717) is 5.92 Å². The topological polar surface area (TPSA) is 60.7 Å². The Morgan fingerprint density at radius 1 is 1.13 bits per heavy atom. The van der Waals surface area contributed by atoms with Crippen LogP contribution in [0.3, 0.4) is 0 Å². The number of hydrogen-bond acceptors (Lipinski definition) is 4. The molecule has 5 heteroatoms. The fourth-order valence-corrected chi connectivity index (χ4v) is 4.37. The largest absolute Gasteiger partial charge is 0.399 e. The molecule has 15 heavy (non-hydrogen) atoms. The number of aliphatic hydroxyl groups excluding tert-OH is 3. The summed E-state index contributed by atoms with van der Waals surface area (Å²) in [6, 6.07) is 0.820. The fraction of sp³-hybridized carbons (Fsp3) is 1.00. The summed E-state index contributed by atoms with van der Waals surface area (Å²) in [5.74, 6) is 1.39. The molecule has 1 atom stereocenters. The monoisotopic (exact) mass is 252 g/mol. The highest BCUT2D eigenvalue weighted by atomic mass is 32.1. The first-order valence-corrected chi connectivity index (χ1v) is 9.07. The van der Waals surface area contributed by atoms with Crippen molar-refractivity contribution >= 4 is 20.7 Å². The van der Waals surface area contributed by atoms with E-state index in [0.717, 1.165) is 31.1 Å². The molecule has 0 radical (unpaired) electrons. The molecule has 0 aliphatic heterocycles. The zero-order valence-corrected chi connectivity index (χ0v) is 11.4. The van der Waals surface area contributed by atoms with Crippen molar-refractivity contribution in [2.75, 3.05) is 24.4 Å². The van der Waals surface area contributed by atoms with E-state index >= 15 is 0 Å². The van der Waals surface area contributed by atoms with E-state index in [2.05, 4.69) is 19.6 Å². The minimum absolute atomic E-state index is 0.0165. The second kappa shape index (κ2) is 8.58. The molecule has 0 fully saturated rings. The number of aliphatic hydroxyl groups is 3. The van der Waals surface area contributed by atoms with E-state index in [9.17, 15) is 15.3 Å². The van der Waals surface area contributed by atoms with Gasteiger partial charge >= 0.3 is 0 Å². The first-order chi connectivity index (χ1) is 7.17. The molecule has 0 aliphatic carbocycles. The van der Waals surface area contributed by atoms with Gasteiger partial charge in [-0.1, -0.05) is 13.3 Å². The van der Waals surface area contributed by atoms with Crippen LogP contribution in [0.2, 0.25) is 6.04 Å². The minimum atomic E-state index is -2.21. The van der Waals surface area contributed by atoms with Crippen LogP contribution >= 0.6 is 12.6 Å². The standard InChI is InChI=1S/C10H24O3SSi/c1-2-10(4-3-5-14)6-15(7-11,8-12)9-13/h10-14H,2-9H2,1H3. The predicted octanol–water partition coefficient (Wildman–Crippen LogP) is 0.766. The van der Waals surface area contributed by atoms with Gasteiger partial charge in [-0.15, -0.1) is 0 Å². The van der Waals surface area contributed by atoms with E-state index in [4.69, 9.17) is 0 Å². The smallest absolute Gasteiger partial charge is 0.140 e. The van der Waals surface area contributed by atoms with Crippen molar-refractivity contribution in [3.05, 3.63) is 0 Å². The molecule has 0 saturated carbocycles. The van der Waals surface area contributed by atoms with Crippen molar-refractivity contribution in [1.29, 1.82) is 0 Å². The average Bonchev–Trinajstić information content (AvgIpc) is 2.30. The Morgan fingerprint density at radius 2 is 1.67 bits per heavy atom. The van der Waals surface area contributed by atoms with Gasteiger partial charge in [0.25, 0.3) is 0 Å². The highest BCUT2D eigenvalue weighted by Gasteiger charge is 2.33. The number of rotatable bonds is 9. The summed E-state index contributed by atoms with van der Waals surface area (Å²) in [4.78, 5) is 0. The van der Waals surface area contributed by atoms with Gasteiger partial charge in [-0.3, -0.25) is 0 Å². The Balaban J connectivity index is 4.21. The molecule has 0 heterocycles. The summed E-state index contributed by atoms with van der Waals surface area (Å²) in [6.07, 6.45) is 3.14. The van der Waals surface area contributed by atoms with Crippen molar-refractivity contribution in [3.63, 3.8) is 0 Å². The molecule has 0 saturated heterocycles. The zero-order chi connectivity index (χ0) is 11.7. The van der Waals surface area contributed by atoms with Gasteiger partial charge in [-0.2, -0.15) is 12.6 Å². The highest BCUT2D eigenvalue weighted by molar-refractivity contribution is 7.80. The van der Waals surface area contributed by atoms with Crippen LogP contribution in [0.1, 0.15) is 26.2 Å². The first-order valence-electron chi connectivity index (χ1n) is 5.61. The molecule has 0 aromatic carbocycles. The first kappa shape index (κ1) is 15.4. The summed E-state index contributed by atoms with van der Waals surface area (Å²) in [6.45, 7) is 2.12. The normalized spacial score (nSPS) is 14.2.